The van der Waals surface area contributed by atoms with Crippen LogP contribution in [0.4, 0.5) is 0 Å². The first-order valence-corrected chi connectivity index (χ1v) is 10.4. The predicted molar refractivity (Wildman–Crippen MR) is 118 cm³/mol. The average molecular weight is 447 g/mol. The van der Waals surface area contributed by atoms with E-state index in [4.69, 9.17) is 31.4 Å². The summed E-state index contributed by atoms with van der Waals surface area (Å²) in [5.41, 5.74) is 3.62. The minimum Gasteiger partial charge on any atom is -0.473 e. The molecule has 3 rings (SSSR count). The number of hydrogen-bond donors (Lipinski definition) is 3. The highest BCUT2D eigenvalue weighted by atomic mass is 35.5. The minimum atomic E-state index is -1.82. The molecule has 8 heteroatoms. The van der Waals surface area contributed by atoms with Gasteiger partial charge in [-0.05, 0) is 56.1 Å². The average Bonchev–Trinajstić information content (AvgIpc) is 2.74. The van der Waals surface area contributed by atoms with Crippen LogP contribution in [0.25, 0.3) is 0 Å². The number of aryl methyl sites for hydroxylation is 1. The lowest BCUT2D eigenvalue weighted by Gasteiger charge is -2.31. The van der Waals surface area contributed by atoms with Crippen molar-refractivity contribution in [3.05, 3.63) is 70.2 Å². The molecular weight excluding hydrogens is 420 g/mol. The van der Waals surface area contributed by atoms with Gasteiger partial charge in [-0.2, -0.15) is 0 Å². The van der Waals surface area contributed by atoms with Gasteiger partial charge in [0.15, 0.2) is 0 Å². The van der Waals surface area contributed by atoms with Crippen molar-refractivity contribution in [3.8, 4) is 0 Å². The van der Waals surface area contributed by atoms with Crippen LogP contribution in [-0.2, 0) is 27.5 Å². The Hall–Kier alpha value is -2.90. The van der Waals surface area contributed by atoms with Crippen molar-refractivity contribution in [1.82, 2.24) is 10.2 Å². The molecule has 1 heterocycles. The number of amides is 1. The quantitative estimate of drug-likeness (QED) is 0.608. The Balaban J connectivity index is 0.000000501. The van der Waals surface area contributed by atoms with Gasteiger partial charge in [0.2, 0.25) is 5.91 Å². The highest BCUT2D eigenvalue weighted by molar-refractivity contribution is 6.30. The number of halogens is 1. The molecule has 1 aliphatic heterocycles. The zero-order valence-electron chi connectivity index (χ0n) is 17.4. The van der Waals surface area contributed by atoms with Gasteiger partial charge in [-0.1, -0.05) is 53.6 Å². The SMILES string of the molecule is Cc1ccc(CNC(=O)C2CCN(Cc3cccc(Cl)c3)CC2)cc1.O=C(O)C(=O)O. The Morgan fingerprint density at radius 2 is 1.61 bits per heavy atom. The van der Waals surface area contributed by atoms with Crippen LogP contribution >= 0.6 is 11.6 Å². The van der Waals surface area contributed by atoms with Crippen molar-refractivity contribution < 1.29 is 24.6 Å². The monoisotopic (exact) mass is 446 g/mol. The number of piperidine rings is 1. The first-order valence-electron chi connectivity index (χ1n) is 10.0. The Morgan fingerprint density at radius 3 is 2.16 bits per heavy atom. The molecule has 2 aromatic carbocycles. The fourth-order valence-electron chi connectivity index (χ4n) is 3.29. The molecule has 1 aliphatic rings. The van der Waals surface area contributed by atoms with Crippen LogP contribution in [0.15, 0.2) is 48.5 Å². The molecule has 0 aromatic heterocycles. The van der Waals surface area contributed by atoms with Gasteiger partial charge in [0.05, 0.1) is 0 Å². The number of carboxylic acids is 2. The summed E-state index contributed by atoms with van der Waals surface area (Å²) in [6.45, 7) is 5.49. The standard InChI is InChI=1S/C21H25ClN2O.C2H2O4/c1-16-5-7-17(8-6-16)14-23-21(25)19-9-11-24(12-10-19)15-18-3-2-4-20(22)13-18;3-1(4)2(5)6/h2-8,13,19H,9-12,14-15H2,1H3,(H,23,25);(H,3,4)(H,5,6). The Morgan fingerprint density at radius 1 is 1.00 bits per heavy atom. The van der Waals surface area contributed by atoms with Gasteiger partial charge < -0.3 is 15.5 Å². The Labute approximate surface area is 186 Å². The van der Waals surface area contributed by atoms with Gasteiger partial charge in [-0.3, -0.25) is 9.69 Å². The van der Waals surface area contributed by atoms with Crippen molar-refractivity contribution in [3.63, 3.8) is 0 Å². The van der Waals surface area contributed by atoms with Crippen LogP contribution in [0.2, 0.25) is 5.02 Å². The third-order valence-electron chi connectivity index (χ3n) is 5.02. The number of nitrogens with one attached hydrogen (secondary N) is 1. The predicted octanol–water partition coefficient (Wildman–Crippen LogP) is 3.33. The van der Waals surface area contributed by atoms with E-state index < -0.39 is 11.9 Å². The Bertz CT molecular complexity index is 881. The lowest BCUT2D eigenvalue weighted by Crippen LogP contribution is -2.40. The molecule has 0 spiro atoms. The molecule has 166 valence electrons. The molecule has 0 aliphatic carbocycles. The molecule has 3 N–H and O–H groups in total. The summed E-state index contributed by atoms with van der Waals surface area (Å²) in [5.74, 6) is -3.34. The lowest BCUT2D eigenvalue weighted by atomic mass is 9.95. The molecule has 0 unspecified atom stereocenters. The van der Waals surface area contributed by atoms with Crippen molar-refractivity contribution in [1.29, 1.82) is 0 Å². The molecule has 1 amide bonds. The van der Waals surface area contributed by atoms with Crippen molar-refractivity contribution in [2.45, 2.75) is 32.9 Å². The zero-order valence-corrected chi connectivity index (χ0v) is 18.1. The van der Waals surface area contributed by atoms with Crippen LogP contribution < -0.4 is 5.32 Å². The fourth-order valence-corrected chi connectivity index (χ4v) is 3.50. The number of likely N-dealkylation sites (tertiary alicyclic amines) is 1. The highest BCUT2D eigenvalue weighted by Gasteiger charge is 2.24. The molecule has 0 bridgehead atoms. The fraction of sp³-hybridized carbons (Fsp3) is 0.348. The number of carbonyl (C=O) groups excluding carboxylic acids is 1. The van der Waals surface area contributed by atoms with E-state index in [1.54, 1.807) is 0 Å². The molecule has 0 atom stereocenters. The van der Waals surface area contributed by atoms with E-state index in [9.17, 15) is 4.79 Å². The number of carbonyl (C=O) groups is 3. The summed E-state index contributed by atoms with van der Waals surface area (Å²) in [6.07, 6.45) is 1.83. The number of carboxylic acid groups (broad SMARTS) is 2. The van der Waals surface area contributed by atoms with E-state index in [-0.39, 0.29) is 11.8 Å². The van der Waals surface area contributed by atoms with E-state index >= 15 is 0 Å². The second-order valence-corrected chi connectivity index (χ2v) is 7.93. The maximum absolute atomic E-state index is 12.4. The molecular formula is C23H27ClN2O5. The largest absolute Gasteiger partial charge is 0.473 e. The number of rotatable bonds is 5. The lowest BCUT2D eigenvalue weighted by molar-refractivity contribution is -0.159. The van der Waals surface area contributed by atoms with Crippen LogP contribution in [-0.4, -0.2) is 46.0 Å². The second kappa shape index (κ2) is 12.1. The smallest absolute Gasteiger partial charge is 0.414 e. The van der Waals surface area contributed by atoms with Gasteiger partial charge in [0.25, 0.3) is 0 Å². The first-order chi connectivity index (χ1) is 14.7. The van der Waals surface area contributed by atoms with Crippen molar-refractivity contribution in [2.75, 3.05) is 13.1 Å². The minimum absolute atomic E-state index is 0.126. The second-order valence-electron chi connectivity index (χ2n) is 7.49. The normalized spacial score (nSPS) is 14.3. The van der Waals surface area contributed by atoms with E-state index in [0.29, 0.717) is 6.54 Å². The van der Waals surface area contributed by atoms with E-state index in [0.717, 1.165) is 43.1 Å². The molecule has 31 heavy (non-hydrogen) atoms. The topological polar surface area (TPSA) is 107 Å². The molecule has 0 saturated carbocycles. The molecule has 2 aromatic rings. The number of nitrogens with zero attached hydrogens (tertiary/aromatic N) is 1. The highest BCUT2D eigenvalue weighted by Crippen LogP contribution is 2.20. The molecule has 0 radical (unpaired) electrons. The van der Waals surface area contributed by atoms with E-state index in [2.05, 4.69) is 47.5 Å². The summed E-state index contributed by atoms with van der Waals surface area (Å²) in [5, 5.41) is 18.6. The summed E-state index contributed by atoms with van der Waals surface area (Å²) in [4.78, 5) is 33.0. The zero-order chi connectivity index (χ0) is 22.8. The van der Waals surface area contributed by atoms with Crippen LogP contribution in [0.3, 0.4) is 0 Å². The van der Waals surface area contributed by atoms with Gasteiger partial charge >= 0.3 is 11.9 Å². The molecule has 1 saturated heterocycles. The van der Waals surface area contributed by atoms with E-state index in [1.807, 2.05) is 18.2 Å². The summed E-state index contributed by atoms with van der Waals surface area (Å²) in [6, 6.07) is 16.3. The Kier molecular flexibility index (Phi) is 9.49. The van der Waals surface area contributed by atoms with Crippen LogP contribution in [0.5, 0.6) is 0 Å². The van der Waals surface area contributed by atoms with Crippen LogP contribution in [0.1, 0.15) is 29.5 Å². The number of hydrogen-bond acceptors (Lipinski definition) is 4. The van der Waals surface area contributed by atoms with Gasteiger partial charge in [-0.15, -0.1) is 0 Å². The summed E-state index contributed by atoms with van der Waals surface area (Å²) >= 11 is 6.05. The van der Waals surface area contributed by atoms with Crippen molar-refractivity contribution in [2.24, 2.45) is 5.92 Å². The maximum atomic E-state index is 12.4. The van der Waals surface area contributed by atoms with Crippen LogP contribution in [0, 0.1) is 12.8 Å². The number of aliphatic carboxylic acids is 2. The maximum Gasteiger partial charge on any atom is 0.414 e. The third kappa shape index (κ3) is 8.78. The van der Waals surface area contributed by atoms with Gasteiger partial charge in [0.1, 0.15) is 0 Å². The number of benzene rings is 2. The molecule has 7 nitrogen and oxygen atoms in total. The third-order valence-corrected chi connectivity index (χ3v) is 5.26. The van der Waals surface area contributed by atoms with Gasteiger partial charge in [0, 0.05) is 24.0 Å². The molecule has 1 fully saturated rings. The first kappa shape index (κ1) is 24.4. The van der Waals surface area contributed by atoms with E-state index in [1.165, 1.54) is 11.1 Å². The van der Waals surface area contributed by atoms with Gasteiger partial charge in [-0.25, -0.2) is 9.59 Å². The summed E-state index contributed by atoms with van der Waals surface area (Å²) < 4.78 is 0. The van der Waals surface area contributed by atoms with Crippen molar-refractivity contribution >= 4 is 29.4 Å². The summed E-state index contributed by atoms with van der Waals surface area (Å²) in [7, 11) is 0.